The van der Waals surface area contributed by atoms with E-state index in [1.54, 1.807) is 37.1 Å². The van der Waals surface area contributed by atoms with Crippen molar-refractivity contribution in [2.24, 2.45) is 0 Å². The van der Waals surface area contributed by atoms with Gasteiger partial charge in [0, 0.05) is 43.8 Å². The van der Waals surface area contributed by atoms with Crippen LogP contribution >= 0.6 is 11.6 Å². The van der Waals surface area contributed by atoms with Crippen molar-refractivity contribution in [1.29, 1.82) is 0 Å². The highest BCUT2D eigenvalue weighted by molar-refractivity contribution is 6.31. The summed E-state index contributed by atoms with van der Waals surface area (Å²) in [7, 11) is 0. The van der Waals surface area contributed by atoms with E-state index in [1.807, 2.05) is 0 Å². The van der Waals surface area contributed by atoms with Crippen LogP contribution in [-0.2, 0) is 0 Å². The average Bonchev–Trinajstić information content (AvgIpc) is 2.91. The van der Waals surface area contributed by atoms with E-state index < -0.39 is 0 Å². The molecule has 6 heteroatoms. The van der Waals surface area contributed by atoms with Gasteiger partial charge in [-0.1, -0.05) is 11.6 Å². The summed E-state index contributed by atoms with van der Waals surface area (Å²) in [4.78, 5) is 14.5. The second-order valence-corrected chi connectivity index (χ2v) is 4.75. The summed E-state index contributed by atoms with van der Waals surface area (Å²) in [5, 5.41) is 0.542. The van der Waals surface area contributed by atoms with Crippen molar-refractivity contribution < 1.29 is 4.74 Å². The lowest BCUT2D eigenvalue weighted by atomic mass is 10.3. The molecular formula is C13H13ClN4O. The van der Waals surface area contributed by atoms with E-state index in [9.17, 15) is 0 Å². The summed E-state index contributed by atoms with van der Waals surface area (Å²) >= 11 is 6.03. The number of pyridine rings is 1. The Labute approximate surface area is 116 Å². The number of aromatic nitrogens is 3. The number of hydrogen-bond donors (Lipinski definition) is 0. The first-order valence-electron chi connectivity index (χ1n) is 6.10. The Kier molecular flexibility index (Phi) is 3.46. The van der Waals surface area contributed by atoms with Crippen LogP contribution in [0.25, 0.3) is 0 Å². The molecule has 2 aromatic rings. The highest BCUT2D eigenvalue weighted by Crippen LogP contribution is 2.26. The molecule has 0 amide bonds. The Morgan fingerprint density at radius 3 is 2.89 bits per heavy atom. The minimum atomic E-state index is 0.113. The van der Waals surface area contributed by atoms with Gasteiger partial charge in [0.15, 0.2) is 0 Å². The van der Waals surface area contributed by atoms with Gasteiger partial charge in [0.05, 0.1) is 12.7 Å². The molecular weight excluding hydrogens is 264 g/mol. The first kappa shape index (κ1) is 12.2. The zero-order valence-corrected chi connectivity index (χ0v) is 11.0. The van der Waals surface area contributed by atoms with Crippen LogP contribution in [0.2, 0.25) is 5.02 Å². The molecule has 0 radical (unpaired) electrons. The third-order valence-corrected chi connectivity index (χ3v) is 3.33. The largest absolute Gasteiger partial charge is 0.487 e. The van der Waals surface area contributed by atoms with E-state index in [2.05, 4.69) is 19.9 Å². The van der Waals surface area contributed by atoms with Gasteiger partial charge in [-0.15, -0.1) is 0 Å². The number of anilines is 1. The lowest BCUT2D eigenvalue weighted by molar-refractivity contribution is 0.225. The van der Waals surface area contributed by atoms with Gasteiger partial charge < -0.3 is 9.64 Å². The predicted octanol–water partition coefficient (Wildman–Crippen LogP) is 2.18. The molecule has 1 atom stereocenters. The van der Waals surface area contributed by atoms with Crippen molar-refractivity contribution in [2.75, 3.05) is 18.0 Å². The summed E-state index contributed by atoms with van der Waals surface area (Å²) in [6.07, 6.45) is 9.45. The highest BCUT2D eigenvalue weighted by atomic mass is 35.5. The average molecular weight is 277 g/mol. The van der Waals surface area contributed by atoms with Crippen molar-refractivity contribution in [3.63, 3.8) is 0 Å². The second-order valence-electron chi connectivity index (χ2n) is 4.34. The van der Waals surface area contributed by atoms with Crippen LogP contribution in [0.15, 0.2) is 37.1 Å². The van der Waals surface area contributed by atoms with Gasteiger partial charge in [-0.3, -0.25) is 9.97 Å². The van der Waals surface area contributed by atoms with Crippen molar-refractivity contribution in [3.8, 4) is 5.75 Å². The summed E-state index contributed by atoms with van der Waals surface area (Å²) in [6, 6.07) is 1.79. The molecule has 2 aromatic heterocycles. The minimum Gasteiger partial charge on any atom is -0.487 e. The van der Waals surface area contributed by atoms with Crippen LogP contribution in [0.5, 0.6) is 5.75 Å². The highest BCUT2D eigenvalue weighted by Gasteiger charge is 2.25. The third kappa shape index (κ3) is 2.76. The summed E-state index contributed by atoms with van der Waals surface area (Å²) in [6.45, 7) is 1.70. The zero-order valence-electron chi connectivity index (χ0n) is 10.2. The Bertz CT molecular complexity index is 551. The summed E-state index contributed by atoms with van der Waals surface area (Å²) < 4.78 is 5.90. The van der Waals surface area contributed by atoms with Crippen LogP contribution in [0.1, 0.15) is 6.42 Å². The fourth-order valence-corrected chi connectivity index (χ4v) is 2.29. The molecule has 5 nitrogen and oxygen atoms in total. The van der Waals surface area contributed by atoms with Crippen molar-refractivity contribution in [2.45, 2.75) is 12.5 Å². The Morgan fingerprint density at radius 1 is 1.21 bits per heavy atom. The van der Waals surface area contributed by atoms with Crippen molar-refractivity contribution >= 4 is 17.4 Å². The van der Waals surface area contributed by atoms with Gasteiger partial charge in [0.2, 0.25) is 0 Å². The van der Waals surface area contributed by atoms with Crippen LogP contribution in [0.3, 0.4) is 0 Å². The van der Waals surface area contributed by atoms with Gasteiger partial charge >= 0.3 is 0 Å². The molecule has 0 bridgehead atoms. The van der Waals surface area contributed by atoms with E-state index in [1.165, 1.54) is 0 Å². The standard InChI is InChI=1S/C13H13ClN4O/c14-11-7-15-3-1-12(11)19-10-2-6-18(9-10)13-8-16-4-5-17-13/h1,3-5,7-8,10H,2,6,9H2. The van der Waals surface area contributed by atoms with E-state index >= 15 is 0 Å². The Hall–Kier alpha value is -1.88. The smallest absolute Gasteiger partial charge is 0.147 e. The number of ether oxygens (including phenoxy) is 1. The van der Waals surface area contributed by atoms with Crippen molar-refractivity contribution in [3.05, 3.63) is 42.1 Å². The first-order valence-corrected chi connectivity index (χ1v) is 6.48. The molecule has 98 valence electrons. The van der Waals surface area contributed by atoms with Gasteiger partial charge in [-0.25, -0.2) is 4.98 Å². The molecule has 3 heterocycles. The molecule has 0 aliphatic carbocycles. The minimum absolute atomic E-state index is 0.113. The van der Waals surface area contributed by atoms with E-state index in [-0.39, 0.29) is 6.10 Å². The maximum Gasteiger partial charge on any atom is 0.147 e. The van der Waals surface area contributed by atoms with E-state index in [0.717, 1.165) is 25.3 Å². The molecule has 0 aromatic carbocycles. The number of halogens is 1. The van der Waals surface area contributed by atoms with Gasteiger partial charge in [-0.05, 0) is 0 Å². The van der Waals surface area contributed by atoms with Crippen LogP contribution in [0.4, 0.5) is 5.82 Å². The van der Waals surface area contributed by atoms with E-state index in [0.29, 0.717) is 10.8 Å². The quantitative estimate of drug-likeness (QED) is 0.860. The summed E-state index contributed by atoms with van der Waals surface area (Å²) in [5.74, 6) is 1.57. The monoisotopic (exact) mass is 276 g/mol. The molecule has 1 aliphatic heterocycles. The Morgan fingerprint density at radius 2 is 2.11 bits per heavy atom. The second kappa shape index (κ2) is 5.40. The molecule has 19 heavy (non-hydrogen) atoms. The molecule has 0 spiro atoms. The third-order valence-electron chi connectivity index (χ3n) is 3.05. The molecule has 0 saturated carbocycles. The zero-order chi connectivity index (χ0) is 13.1. The van der Waals surface area contributed by atoms with Gasteiger partial charge in [0.25, 0.3) is 0 Å². The molecule has 3 rings (SSSR count). The normalized spacial score (nSPS) is 18.6. The maximum atomic E-state index is 6.03. The fourth-order valence-electron chi connectivity index (χ4n) is 2.12. The van der Waals surface area contributed by atoms with Crippen LogP contribution in [-0.4, -0.2) is 34.1 Å². The molecule has 1 unspecified atom stereocenters. The number of rotatable bonds is 3. The topological polar surface area (TPSA) is 51.1 Å². The Balaban J connectivity index is 1.65. The van der Waals surface area contributed by atoms with Crippen LogP contribution < -0.4 is 9.64 Å². The lowest BCUT2D eigenvalue weighted by Gasteiger charge is -2.17. The molecule has 1 aliphatic rings. The molecule has 0 N–H and O–H groups in total. The fraction of sp³-hybridized carbons (Fsp3) is 0.308. The predicted molar refractivity (Wildman–Crippen MR) is 72.5 cm³/mol. The number of hydrogen-bond acceptors (Lipinski definition) is 5. The van der Waals surface area contributed by atoms with E-state index in [4.69, 9.17) is 16.3 Å². The SMILES string of the molecule is Clc1cnccc1OC1CCN(c2cnccn2)C1. The van der Waals surface area contributed by atoms with Gasteiger partial charge in [0.1, 0.15) is 22.7 Å². The van der Waals surface area contributed by atoms with Crippen molar-refractivity contribution in [1.82, 2.24) is 15.0 Å². The van der Waals surface area contributed by atoms with Crippen LogP contribution in [0, 0.1) is 0 Å². The molecule has 1 saturated heterocycles. The molecule has 1 fully saturated rings. The lowest BCUT2D eigenvalue weighted by Crippen LogP contribution is -2.25. The first-order chi connectivity index (χ1) is 9.33. The maximum absolute atomic E-state index is 6.03. The number of nitrogens with zero attached hydrogens (tertiary/aromatic N) is 4. The van der Waals surface area contributed by atoms with Gasteiger partial charge in [-0.2, -0.15) is 0 Å². The summed E-state index contributed by atoms with van der Waals surface area (Å²) in [5.41, 5.74) is 0.